The molecule has 0 atom stereocenters. The summed E-state index contributed by atoms with van der Waals surface area (Å²) in [6, 6.07) is 22.8. The summed E-state index contributed by atoms with van der Waals surface area (Å²) in [5.41, 5.74) is 2.94. The Morgan fingerprint density at radius 2 is 1.11 bits per heavy atom. The summed E-state index contributed by atoms with van der Waals surface area (Å²) in [6.07, 6.45) is 0.313. The summed E-state index contributed by atoms with van der Waals surface area (Å²) < 4.78 is 46.8. The van der Waals surface area contributed by atoms with E-state index in [4.69, 9.17) is 16.3 Å². The molecule has 54 heavy (non-hydrogen) atoms. The molecular formula is C40H27BrClF3N2O5S2. The number of nitrogens with one attached hydrogen (secondary N) is 2. The summed E-state index contributed by atoms with van der Waals surface area (Å²) in [6.45, 7) is 0. The molecule has 7 nitrogen and oxygen atoms in total. The van der Waals surface area contributed by atoms with Crippen molar-refractivity contribution in [3.8, 4) is 22.3 Å². The van der Waals surface area contributed by atoms with Crippen LogP contribution in [-0.2, 0) is 27.2 Å². The summed E-state index contributed by atoms with van der Waals surface area (Å²) in [7, 11) is 0. The third-order valence-electron chi connectivity index (χ3n) is 8.17. The van der Waals surface area contributed by atoms with Crippen molar-refractivity contribution in [3.05, 3.63) is 151 Å². The molecule has 0 saturated carbocycles. The maximum atomic E-state index is 14.0. The van der Waals surface area contributed by atoms with Crippen LogP contribution in [0, 0.1) is 17.5 Å². The number of rotatable bonds is 12. The Kier molecular flexibility index (Phi) is 12.4. The van der Waals surface area contributed by atoms with E-state index in [1.54, 1.807) is 71.4 Å². The Hall–Kier alpha value is -5.08. The molecule has 0 bridgehead atoms. The van der Waals surface area contributed by atoms with E-state index in [2.05, 4.69) is 26.6 Å². The largest absolute Gasteiger partial charge is 0.386 e. The van der Waals surface area contributed by atoms with Gasteiger partial charge < -0.3 is 15.4 Å². The lowest BCUT2D eigenvalue weighted by Crippen LogP contribution is -2.19. The molecule has 0 aliphatic heterocycles. The van der Waals surface area contributed by atoms with E-state index in [0.29, 0.717) is 39.3 Å². The van der Waals surface area contributed by atoms with Gasteiger partial charge in [0, 0.05) is 44.2 Å². The van der Waals surface area contributed by atoms with E-state index < -0.39 is 41.2 Å². The number of anilines is 2. The summed E-state index contributed by atoms with van der Waals surface area (Å²) in [5.74, 6) is -5.48. The molecule has 4 aromatic carbocycles. The number of aryl methyl sites for hydroxylation is 2. The van der Waals surface area contributed by atoms with E-state index in [-0.39, 0.29) is 40.4 Å². The van der Waals surface area contributed by atoms with Crippen LogP contribution in [0.25, 0.3) is 22.3 Å². The number of halogens is 5. The van der Waals surface area contributed by atoms with Crippen molar-refractivity contribution < 1.29 is 37.1 Å². The predicted octanol–water partition coefficient (Wildman–Crippen LogP) is 11.1. The van der Waals surface area contributed by atoms with E-state index >= 15 is 0 Å². The summed E-state index contributed by atoms with van der Waals surface area (Å²) >= 11 is 11.6. The van der Waals surface area contributed by atoms with Crippen LogP contribution in [0.1, 0.15) is 44.7 Å². The van der Waals surface area contributed by atoms with Crippen molar-refractivity contribution in [2.45, 2.75) is 25.7 Å². The predicted molar refractivity (Wildman–Crippen MR) is 209 cm³/mol. The van der Waals surface area contributed by atoms with Gasteiger partial charge in [-0.1, -0.05) is 70.0 Å². The fourth-order valence-electron chi connectivity index (χ4n) is 5.42. The first kappa shape index (κ1) is 38.6. The Bertz CT molecular complexity index is 2350. The van der Waals surface area contributed by atoms with Gasteiger partial charge in [-0.3, -0.25) is 9.59 Å². The zero-order valence-corrected chi connectivity index (χ0v) is 31.9. The highest BCUT2D eigenvalue weighted by molar-refractivity contribution is 9.10. The second-order valence-corrected chi connectivity index (χ2v) is 15.0. The molecule has 0 aliphatic rings. The molecule has 274 valence electrons. The van der Waals surface area contributed by atoms with Gasteiger partial charge in [0.05, 0.1) is 0 Å². The SMILES string of the molecule is O=C(CCc1ccc(F)cc1)Nc1scc(-c2ccc(Br)cc2)c1C(=O)OC(=O)c1c(-c2ccc(Cl)cc2)csc1NC(=O)CCc1ccc(F)c(F)c1. The van der Waals surface area contributed by atoms with Crippen molar-refractivity contribution in [2.24, 2.45) is 0 Å². The molecule has 0 aliphatic carbocycles. The van der Waals surface area contributed by atoms with Crippen molar-refractivity contribution in [1.82, 2.24) is 0 Å². The Morgan fingerprint density at radius 3 is 1.63 bits per heavy atom. The van der Waals surface area contributed by atoms with Crippen LogP contribution in [0.5, 0.6) is 0 Å². The van der Waals surface area contributed by atoms with Gasteiger partial charge in [-0.05, 0) is 83.6 Å². The van der Waals surface area contributed by atoms with Gasteiger partial charge >= 0.3 is 11.9 Å². The number of benzene rings is 4. The molecule has 0 radical (unpaired) electrons. The van der Waals surface area contributed by atoms with Gasteiger partial charge in [0.2, 0.25) is 11.8 Å². The standard InChI is InChI=1S/C40H27BrClF3N2O5S2/c41-26-10-6-24(7-11-26)29-20-53-37(46-33(48)17-4-22-1-14-28(43)15-2-22)35(29)39(50)52-40(51)36-30(25-8-12-27(42)13-9-25)21-54-38(36)47-34(49)18-5-23-3-16-31(44)32(45)19-23/h1-3,6-16,19-21H,4-5,17-18H2,(H,46,48)(H,47,49). The fraction of sp³-hybridized carbons (Fsp3) is 0.100. The van der Waals surface area contributed by atoms with Crippen LogP contribution < -0.4 is 10.6 Å². The summed E-state index contributed by atoms with van der Waals surface area (Å²) in [5, 5.41) is 9.47. The first-order valence-corrected chi connectivity index (χ1v) is 19.2. The van der Waals surface area contributed by atoms with E-state index in [9.17, 15) is 32.3 Å². The number of amides is 2. The van der Waals surface area contributed by atoms with Crippen LogP contribution in [-0.4, -0.2) is 23.8 Å². The van der Waals surface area contributed by atoms with Crippen LogP contribution in [0.3, 0.4) is 0 Å². The molecule has 14 heteroatoms. The average molecular weight is 852 g/mol. The maximum absolute atomic E-state index is 14.0. The molecule has 0 fully saturated rings. The van der Waals surface area contributed by atoms with Gasteiger partial charge in [-0.2, -0.15) is 0 Å². The molecule has 0 unspecified atom stereocenters. The minimum absolute atomic E-state index is 0.0308. The number of carbonyl (C=O) groups excluding carboxylic acids is 4. The number of ether oxygens (including phenoxy) is 1. The van der Waals surface area contributed by atoms with E-state index in [1.165, 1.54) is 18.2 Å². The van der Waals surface area contributed by atoms with Gasteiger partial charge in [0.25, 0.3) is 0 Å². The minimum atomic E-state index is -1.07. The van der Waals surface area contributed by atoms with E-state index in [1.807, 2.05) is 0 Å². The van der Waals surface area contributed by atoms with E-state index in [0.717, 1.165) is 44.8 Å². The third kappa shape index (κ3) is 9.52. The van der Waals surface area contributed by atoms with Gasteiger partial charge in [-0.15, -0.1) is 22.7 Å². The molecule has 0 saturated heterocycles. The highest BCUT2D eigenvalue weighted by Crippen LogP contribution is 2.40. The second kappa shape index (κ2) is 17.4. The lowest BCUT2D eigenvalue weighted by Gasteiger charge is -2.11. The minimum Gasteiger partial charge on any atom is -0.386 e. The van der Waals surface area contributed by atoms with Gasteiger partial charge in [-0.25, -0.2) is 22.8 Å². The zero-order chi connectivity index (χ0) is 38.4. The van der Waals surface area contributed by atoms with Crippen molar-refractivity contribution in [2.75, 3.05) is 10.6 Å². The van der Waals surface area contributed by atoms with Crippen molar-refractivity contribution in [3.63, 3.8) is 0 Å². The smallest absolute Gasteiger partial charge is 0.349 e. The maximum Gasteiger partial charge on any atom is 0.349 e. The molecule has 2 heterocycles. The Labute approximate surface area is 328 Å². The number of hydrogen-bond acceptors (Lipinski definition) is 7. The van der Waals surface area contributed by atoms with Crippen molar-refractivity contribution in [1.29, 1.82) is 0 Å². The number of hydrogen-bond donors (Lipinski definition) is 2. The van der Waals surface area contributed by atoms with Crippen LogP contribution in [0.2, 0.25) is 5.02 Å². The fourth-order valence-corrected chi connectivity index (χ4v) is 7.75. The highest BCUT2D eigenvalue weighted by Gasteiger charge is 2.29. The number of thiophene rings is 2. The second-order valence-electron chi connectivity index (χ2n) is 11.9. The molecule has 6 aromatic rings. The number of esters is 2. The molecular weight excluding hydrogens is 825 g/mol. The lowest BCUT2D eigenvalue weighted by atomic mass is 10.0. The number of carbonyl (C=O) groups is 4. The quantitative estimate of drug-likeness (QED) is 0.0943. The Morgan fingerprint density at radius 1 is 0.630 bits per heavy atom. The normalized spacial score (nSPS) is 10.9. The summed E-state index contributed by atoms with van der Waals surface area (Å²) in [4.78, 5) is 54.2. The zero-order valence-electron chi connectivity index (χ0n) is 27.9. The first-order valence-electron chi connectivity index (χ1n) is 16.2. The highest BCUT2D eigenvalue weighted by atomic mass is 79.9. The monoisotopic (exact) mass is 850 g/mol. The van der Waals surface area contributed by atoms with Crippen LogP contribution >= 0.6 is 50.2 Å². The molecule has 2 N–H and O–H groups in total. The molecule has 0 spiro atoms. The van der Waals surface area contributed by atoms with Gasteiger partial charge in [0.1, 0.15) is 26.9 Å². The van der Waals surface area contributed by atoms with Crippen molar-refractivity contribution >= 4 is 84.0 Å². The first-order chi connectivity index (χ1) is 25.9. The topological polar surface area (TPSA) is 102 Å². The molecule has 2 aromatic heterocycles. The van der Waals surface area contributed by atoms with Crippen LogP contribution in [0.4, 0.5) is 23.2 Å². The van der Waals surface area contributed by atoms with Gasteiger partial charge in [0.15, 0.2) is 11.6 Å². The Balaban J connectivity index is 1.27. The average Bonchev–Trinajstić information content (AvgIpc) is 3.77. The third-order valence-corrected chi connectivity index (χ3v) is 10.7. The molecule has 6 rings (SSSR count). The lowest BCUT2D eigenvalue weighted by molar-refractivity contribution is -0.117. The molecule has 2 amide bonds. The van der Waals surface area contributed by atoms with Crippen LogP contribution in [0.15, 0.2) is 106 Å².